The second kappa shape index (κ2) is 11.6. The summed E-state index contributed by atoms with van der Waals surface area (Å²) in [5, 5.41) is 18.2. The van der Waals surface area contributed by atoms with Gasteiger partial charge in [-0.05, 0) is 55.7 Å². The van der Waals surface area contributed by atoms with Crippen LogP contribution in [0.4, 0.5) is 5.95 Å². The van der Waals surface area contributed by atoms with Gasteiger partial charge in [-0.1, -0.05) is 18.2 Å². The van der Waals surface area contributed by atoms with Crippen molar-refractivity contribution >= 4 is 17.9 Å². The van der Waals surface area contributed by atoms with E-state index >= 15 is 0 Å². The van der Waals surface area contributed by atoms with Crippen LogP contribution < -0.4 is 14.8 Å². The molecule has 3 rings (SSSR count). The maximum absolute atomic E-state index is 9.10. The van der Waals surface area contributed by atoms with E-state index in [9.17, 15) is 0 Å². The Bertz CT molecular complexity index is 1110. The molecule has 0 radical (unpaired) electrons. The van der Waals surface area contributed by atoms with Crippen molar-refractivity contribution < 1.29 is 29.3 Å². The summed E-state index contributed by atoms with van der Waals surface area (Å²) in [5.74, 6) is -1.31. The van der Waals surface area contributed by atoms with E-state index in [0.29, 0.717) is 13.2 Å². The number of carbonyl (C=O) groups is 2. The molecule has 0 saturated carbocycles. The summed E-state index contributed by atoms with van der Waals surface area (Å²) in [7, 11) is 3.68. The number of nitrogens with zero attached hydrogens (tertiary/aromatic N) is 2. The summed E-state index contributed by atoms with van der Waals surface area (Å²) in [5.41, 5.74) is 5.94. The van der Waals surface area contributed by atoms with Gasteiger partial charge < -0.3 is 29.6 Å². The van der Waals surface area contributed by atoms with Crippen LogP contribution in [0, 0.1) is 13.8 Å². The van der Waals surface area contributed by atoms with Gasteiger partial charge in [-0.2, -0.15) is 0 Å². The van der Waals surface area contributed by atoms with Crippen LogP contribution in [0.2, 0.25) is 0 Å². The molecule has 0 aliphatic carbocycles. The Balaban J connectivity index is 0.000000569. The molecule has 2 aromatic carbocycles. The molecule has 0 fully saturated rings. The van der Waals surface area contributed by atoms with Crippen molar-refractivity contribution in [1.29, 1.82) is 0 Å². The number of ether oxygens (including phenoxy) is 2. The molecule has 3 N–H and O–H groups in total. The molecule has 9 nitrogen and oxygen atoms in total. The van der Waals surface area contributed by atoms with Crippen molar-refractivity contribution in [2.24, 2.45) is 7.05 Å². The van der Waals surface area contributed by atoms with Crippen LogP contribution >= 0.6 is 0 Å². The van der Waals surface area contributed by atoms with Crippen LogP contribution in [-0.2, 0) is 23.2 Å². The molecule has 0 spiro atoms. The molecule has 0 saturated heterocycles. The molecule has 0 unspecified atom stereocenters. The molecule has 0 atom stereocenters. The molecule has 1 aromatic heterocycles. The third-order valence-electron chi connectivity index (χ3n) is 4.95. The number of aryl methyl sites for hydroxylation is 2. The van der Waals surface area contributed by atoms with Crippen LogP contribution in [0.1, 0.15) is 23.6 Å². The van der Waals surface area contributed by atoms with E-state index in [1.165, 1.54) is 16.7 Å². The molecule has 0 aliphatic heterocycles. The normalized spacial score (nSPS) is 10.1. The first-order chi connectivity index (χ1) is 15.7. The Morgan fingerprint density at radius 2 is 1.73 bits per heavy atom. The molecule has 176 valence electrons. The fraction of sp³-hybridized carbons (Fsp3) is 0.292. The third-order valence-corrected chi connectivity index (χ3v) is 4.95. The summed E-state index contributed by atoms with van der Waals surface area (Å²) in [6.45, 7) is 7.49. The quantitative estimate of drug-likeness (QED) is 0.459. The third kappa shape index (κ3) is 6.73. The average molecular weight is 456 g/mol. The lowest BCUT2D eigenvalue weighted by Crippen LogP contribution is -2.09. The maximum Gasteiger partial charge on any atom is 0.414 e. The highest BCUT2D eigenvalue weighted by molar-refractivity contribution is 6.27. The number of carboxylic acid groups (broad SMARTS) is 2. The Labute approximate surface area is 192 Å². The van der Waals surface area contributed by atoms with E-state index in [-0.39, 0.29) is 0 Å². The summed E-state index contributed by atoms with van der Waals surface area (Å²) < 4.78 is 13.1. The number of anilines is 1. The lowest BCUT2D eigenvalue weighted by atomic mass is 10.0. The van der Waals surface area contributed by atoms with Gasteiger partial charge in [-0.3, -0.25) is 0 Å². The fourth-order valence-electron chi connectivity index (χ4n) is 3.02. The van der Waals surface area contributed by atoms with Crippen molar-refractivity contribution in [3.05, 3.63) is 59.3 Å². The summed E-state index contributed by atoms with van der Waals surface area (Å²) in [6, 6.07) is 12.5. The van der Waals surface area contributed by atoms with E-state index < -0.39 is 11.9 Å². The Kier molecular flexibility index (Phi) is 8.85. The van der Waals surface area contributed by atoms with E-state index in [0.717, 1.165) is 28.7 Å². The highest BCUT2D eigenvalue weighted by Gasteiger charge is 2.10. The first kappa shape index (κ1) is 25.3. The molecule has 0 amide bonds. The molecule has 0 aliphatic rings. The molecule has 33 heavy (non-hydrogen) atoms. The summed E-state index contributed by atoms with van der Waals surface area (Å²) >= 11 is 0. The molecular formula is C24H29N3O6. The van der Waals surface area contributed by atoms with Crippen LogP contribution in [0.15, 0.2) is 42.6 Å². The Morgan fingerprint density at radius 3 is 2.30 bits per heavy atom. The SMILES string of the molecule is CCOc1ccc(CNc2ncc(-c3ccc(C)c(C)c3)n2C)cc1OC.O=C(O)C(=O)O. The number of aliphatic carboxylic acids is 2. The van der Waals surface area contributed by atoms with Gasteiger partial charge in [0.2, 0.25) is 5.95 Å². The molecule has 0 bridgehead atoms. The van der Waals surface area contributed by atoms with Crippen molar-refractivity contribution in [2.75, 3.05) is 19.0 Å². The zero-order valence-electron chi connectivity index (χ0n) is 19.4. The Morgan fingerprint density at radius 1 is 1.03 bits per heavy atom. The minimum atomic E-state index is -1.82. The molecule has 9 heteroatoms. The van der Waals surface area contributed by atoms with Gasteiger partial charge >= 0.3 is 11.9 Å². The standard InChI is InChI=1S/C22H27N3O2.C2H2O4/c1-6-27-20-10-8-17(12-21(20)26-5)13-23-22-24-14-19(25(22)4)18-9-7-15(2)16(3)11-18;3-1(4)2(5)6/h7-12,14H,6,13H2,1-5H3,(H,23,24);(H,3,4)(H,5,6). The number of benzene rings is 2. The highest BCUT2D eigenvalue weighted by Crippen LogP contribution is 2.29. The molecular weight excluding hydrogens is 426 g/mol. The highest BCUT2D eigenvalue weighted by atomic mass is 16.5. The number of nitrogens with one attached hydrogen (secondary N) is 1. The summed E-state index contributed by atoms with van der Waals surface area (Å²) in [6.07, 6.45) is 1.91. The van der Waals surface area contributed by atoms with Gasteiger partial charge in [0.05, 0.1) is 25.6 Å². The van der Waals surface area contributed by atoms with Crippen LogP contribution in [0.25, 0.3) is 11.3 Å². The second-order valence-corrected chi connectivity index (χ2v) is 7.21. The van der Waals surface area contributed by atoms with Crippen molar-refractivity contribution in [3.63, 3.8) is 0 Å². The smallest absolute Gasteiger partial charge is 0.414 e. The molecule has 1 heterocycles. The number of aromatic nitrogens is 2. The molecule has 3 aromatic rings. The number of hydrogen-bond donors (Lipinski definition) is 3. The zero-order chi connectivity index (χ0) is 24.5. The van der Waals surface area contributed by atoms with E-state index in [4.69, 9.17) is 29.3 Å². The first-order valence-corrected chi connectivity index (χ1v) is 10.3. The van der Waals surface area contributed by atoms with Crippen LogP contribution in [0.5, 0.6) is 11.5 Å². The topological polar surface area (TPSA) is 123 Å². The monoisotopic (exact) mass is 455 g/mol. The van der Waals surface area contributed by atoms with Gasteiger partial charge in [-0.25, -0.2) is 14.6 Å². The van der Waals surface area contributed by atoms with Crippen LogP contribution in [0.3, 0.4) is 0 Å². The number of carboxylic acids is 2. The van der Waals surface area contributed by atoms with Gasteiger partial charge in [0.25, 0.3) is 0 Å². The van der Waals surface area contributed by atoms with E-state index in [1.807, 2.05) is 38.4 Å². The van der Waals surface area contributed by atoms with Crippen molar-refractivity contribution in [2.45, 2.75) is 27.3 Å². The number of imidazole rings is 1. The van der Waals surface area contributed by atoms with Gasteiger partial charge in [-0.15, -0.1) is 0 Å². The minimum Gasteiger partial charge on any atom is -0.493 e. The maximum atomic E-state index is 9.10. The number of methoxy groups -OCH3 is 1. The fourth-order valence-corrected chi connectivity index (χ4v) is 3.02. The summed E-state index contributed by atoms with van der Waals surface area (Å²) in [4.78, 5) is 22.7. The van der Waals surface area contributed by atoms with Gasteiger partial charge in [0.1, 0.15) is 0 Å². The zero-order valence-corrected chi connectivity index (χ0v) is 19.4. The predicted octanol–water partition coefficient (Wildman–Crippen LogP) is 3.88. The van der Waals surface area contributed by atoms with E-state index in [2.05, 4.69) is 46.9 Å². The average Bonchev–Trinajstić information content (AvgIpc) is 3.15. The minimum absolute atomic E-state index is 0.614. The van der Waals surface area contributed by atoms with Gasteiger partial charge in [0, 0.05) is 19.2 Å². The number of rotatable bonds is 7. The Hall–Kier alpha value is -4.01. The van der Waals surface area contributed by atoms with Crippen molar-refractivity contribution in [3.8, 4) is 22.8 Å². The van der Waals surface area contributed by atoms with Crippen molar-refractivity contribution in [1.82, 2.24) is 9.55 Å². The van der Waals surface area contributed by atoms with E-state index in [1.54, 1.807) is 7.11 Å². The lowest BCUT2D eigenvalue weighted by Gasteiger charge is -2.12. The lowest BCUT2D eigenvalue weighted by molar-refractivity contribution is -0.159. The largest absolute Gasteiger partial charge is 0.493 e. The second-order valence-electron chi connectivity index (χ2n) is 7.21. The number of hydrogen-bond acceptors (Lipinski definition) is 6. The first-order valence-electron chi connectivity index (χ1n) is 10.3. The van der Waals surface area contributed by atoms with Crippen LogP contribution in [-0.4, -0.2) is 45.4 Å². The predicted molar refractivity (Wildman–Crippen MR) is 125 cm³/mol. The van der Waals surface area contributed by atoms with Gasteiger partial charge in [0.15, 0.2) is 11.5 Å².